The molecule has 0 unspecified atom stereocenters. The van der Waals surface area contributed by atoms with Gasteiger partial charge in [-0.05, 0) is 64.1 Å². The molecular weight excluding hydrogens is 533 g/mol. The molecule has 2 aromatic carbocycles. The Labute approximate surface area is 246 Å². The second-order valence-electron chi connectivity index (χ2n) is 11.6. The van der Waals surface area contributed by atoms with Gasteiger partial charge in [0, 0.05) is 62.4 Å². The highest BCUT2D eigenvalue weighted by molar-refractivity contribution is 5.97. The molecule has 0 bridgehead atoms. The summed E-state index contributed by atoms with van der Waals surface area (Å²) in [4.78, 5) is 20.0. The molecule has 1 amide bonds. The number of nitrogen functional groups attached to an aromatic ring is 1. The number of aromatic nitrogens is 2. The van der Waals surface area contributed by atoms with E-state index in [4.69, 9.17) is 10.5 Å². The monoisotopic (exact) mass is 571 g/mol. The lowest BCUT2D eigenvalue weighted by atomic mass is 9.97. The Balaban J connectivity index is 1.29. The number of hydrogen-bond acceptors (Lipinski definition) is 7. The summed E-state index contributed by atoms with van der Waals surface area (Å²) in [5, 5.41) is 17.3. The van der Waals surface area contributed by atoms with Crippen LogP contribution in [0.4, 0.5) is 10.1 Å². The van der Waals surface area contributed by atoms with Crippen LogP contribution in [0.3, 0.4) is 0 Å². The van der Waals surface area contributed by atoms with Crippen molar-refractivity contribution in [3.05, 3.63) is 71.7 Å². The number of ether oxygens (including phenoxy) is 1. The third-order valence-corrected chi connectivity index (χ3v) is 8.30. The number of likely N-dealkylation sites (tertiary alicyclic amines) is 1. The van der Waals surface area contributed by atoms with Gasteiger partial charge < -0.3 is 20.3 Å². The molecule has 42 heavy (non-hydrogen) atoms. The van der Waals surface area contributed by atoms with E-state index in [2.05, 4.69) is 47.0 Å². The Morgan fingerprint density at radius 2 is 1.90 bits per heavy atom. The first-order chi connectivity index (χ1) is 20.2. The average molecular weight is 572 g/mol. The summed E-state index contributed by atoms with van der Waals surface area (Å²) in [6.07, 6.45) is 3.85. The van der Waals surface area contributed by atoms with E-state index in [0.717, 1.165) is 39.0 Å². The third kappa shape index (κ3) is 6.32. The van der Waals surface area contributed by atoms with Gasteiger partial charge in [-0.15, -0.1) is 0 Å². The zero-order valence-electron chi connectivity index (χ0n) is 24.4. The number of nitrogens with zero attached hydrogens (tertiary/aromatic N) is 5. The Bertz CT molecular complexity index is 1490. The number of nitriles is 1. The molecule has 1 atom stereocenters. The lowest BCUT2D eigenvalue weighted by molar-refractivity contribution is -0.127. The molecule has 2 saturated heterocycles. The van der Waals surface area contributed by atoms with Gasteiger partial charge in [-0.25, -0.2) is 4.39 Å². The molecule has 0 spiro atoms. The highest BCUT2D eigenvalue weighted by Crippen LogP contribution is 2.34. The number of rotatable bonds is 8. The van der Waals surface area contributed by atoms with Crippen molar-refractivity contribution in [1.29, 1.82) is 5.26 Å². The Morgan fingerprint density at radius 3 is 2.60 bits per heavy atom. The summed E-state index contributed by atoms with van der Waals surface area (Å²) >= 11 is 0. The molecule has 3 aromatic rings. The molecule has 0 aliphatic carbocycles. The summed E-state index contributed by atoms with van der Waals surface area (Å²) in [5.41, 5.74) is 7.75. The SMILES string of the molecule is CN1CCN(C(C)(C)C=C(C#N)C(=O)N2CCC[C@H]2Cc2[nH]nc(-c3ccc(Oc4ccccc4)cc3F)c2N)CC1. The first kappa shape index (κ1) is 29.3. The van der Waals surface area contributed by atoms with E-state index in [1.54, 1.807) is 29.2 Å². The second kappa shape index (κ2) is 12.3. The minimum atomic E-state index is -0.502. The summed E-state index contributed by atoms with van der Waals surface area (Å²) < 4.78 is 20.9. The summed E-state index contributed by atoms with van der Waals surface area (Å²) in [5.74, 6) is 0.214. The Kier molecular flexibility index (Phi) is 8.61. The number of H-pyrrole nitrogens is 1. The minimum Gasteiger partial charge on any atom is -0.457 e. The second-order valence-corrected chi connectivity index (χ2v) is 11.6. The fourth-order valence-electron chi connectivity index (χ4n) is 5.80. The number of nitrogens with one attached hydrogen (secondary N) is 1. The maximum Gasteiger partial charge on any atom is 0.264 e. The number of anilines is 1. The number of para-hydroxylation sites is 1. The third-order valence-electron chi connectivity index (χ3n) is 8.30. The maximum absolute atomic E-state index is 15.1. The van der Waals surface area contributed by atoms with Crippen molar-refractivity contribution >= 4 is 11.6 Å². The number of amides is 1. The van der Waals surface area contributed by atoms with Crippen LogP contribution in [-0.2, 0) is 11.2 Å². The van der Waals surface area contributed by atoms with Crippen molar-refractivity contribution in [2.24, 2.45) is 0 Å². The zero-order valence-corrected chi connectivity index (χ0v) is 24.4. The van der Waals surface area contributed by atoms with Crippen LogP contribution >= 0.6 is 0 Å². The van der Waals surface area contributed by atoms with E-state index in [-0.39, 0.29) is 23.1 Å². The van der Waals surface area contributed by atoms with E-state index < -0.39 is 11.4 Å². The molecular formula is C32H38FN7O2. The van der Waals surface area contributed by atoms with Gasteiger partial charge in [0.25, 0.3) is 5.91 Å². The normalized spacial score (nSPS) is 18.7. The Hall–Kier alpha value is -4.20. The molecule has 0 radical (unpaired) electrons. The number of nitrogens with two attached hydrogens (primary N) is 1. The van der Waals surface area contributed by atoms with E-state index >= 15 is 4.39 Å². The molecule has 2 aliphatic heterocycles. The molecule has 10 heteroatoms. The van der Waals surface area contributed by atoms with Crippen LogP contribution in [0.2, 0.25) is 0 Å². The van der Waals surface area contributed by atoms with Gasteiger partial charge in [-0.2, -0.15) is 10.4 Å². The van der Waals surface area contributed by atoms with Gasteiger partial charge in [-0.1, -0.05) is 18.2 Å². The first-order valence-corrected chi connectivity index (χ1v) is 14.4. The number of benzene rings is 2. The van der Waals surface area contributed by atoms with Gasteiger partial charge in [-0.3, -0.25) is 14.8 Å². The molecule has 9 nitrogen and oxygen atoms in total. The predicted octanol–water partition coefficient (Wildman–Crippen LogP) is 4.60. The molecule has 3 heterocycles. The number of halogens is 1. The number of likely N-dealkylation sites (N-methyl/N-ethyl adjacent to an activating group) is 1. The van der Waals surface area contributed by atoms with Gasteiger partial charge >= 0.3 is 0 Å². The maximum atomic E-state index is 15.1. The van der Waals surface area contributed by atoms with Crippen molar-refractivity contribution in [3.8, 4) is 28.8 Å². The number of hydrogen-bond donors (Lipinski definition) is 2. The first-order valence-electron chi connectivity index (χ1n) is 14.4. The summed E-state index contributed by atoms with van der Waals surface area (Å²) in [6, 6.07) is 15.8. The number of aromatic amines is 1. The Morgan fingerprint density at radius 1 is 1.17 bits per heavy atom. The van der Waals surface area contributed by atoms with Crippen LogP contribution in [0.15, 0.2) is 60.2 Å². The van der Waals surface area contributed by atoms with E-state index in [9.17, 15) is 10.1 Å². The molecule has 5 rings (SSSR count). The molecule has 2 fully saturated rings. The van der Waals surface area contributed by atoms with Crippen molar-refractivity contribution in [3.63, 3.8) is 0 Å². The van der Waals surface area contributed by atoms with Gasteiger partial charge in [0.1, 0.15) is 34.7 Å². The van der Waals surface area contributed by atoms with E-state index in [1.165, 1.54) is 6.07 Å². The highest BCUT2D eigenvalue weighted by atomic mass is 19.1. The fourth-order valence-corrected chi connectivity index (χ4v) is 5.80. The topological polar surface area (TPSA) is 115 Å². The predicted molar refractivity (Wildman–Crippen MR) is 160 cm³/mol. The standard InChI is InChI=1S/C32H38FN7O2/c1-32(2,39-16-14-38(3)15-17-39)20-22(21-34)31(41)40-13-7-8-23(40)18-28-29(35)30(37-36-28)26-12-11-25(19-27(26)33)42-24-9-5-4-6-10-24/h4-6,9-12,19-20,23H,7-8,13-18,35H2,1-3H3,(H,36,37)/t23-/m0/s1. The van der Waals surface area contributed by atoms with Crippen LogP contribution in [0.1, 0.15) is 32.4 Å². The van der Waals surface area contributed by atoms with Crippen LogP contribution in [-0.4, -0.2) is 82.2 Å². The summed E-state index contributed by atoms with van der Waals surface area (Å²) in [6.45, 7) is 8.33. The molecule has 220 valence electrons. The zero-order chi connectivity index (χ0) is 29.9. The smallest absolute Gasteiger partial charge is 0.264 e. The van der Waals surface area contributed by atoms with Crippen molar-refractivity contribution in [2.75, 3.05) is 45.5 Å². The van der Waals surface area contributed by atoms with Crippen LogP contribution in [0.5, 0.6) is 11.5 Å². The largest absolute Gasteiger partial charge is 0.457 e. The molecule has 1 aromatic heterocycles. The minimum absolute atomic E-state index is 0.150. The fraction of sp³-hybridized carbons (Fsp3) is 0.406. The van der Waals surface area contributed by atoms with Crippen molar-refractivity contribution in [2.45, 2.75) is 44.7 Å². The van der Waals surface area contributed by atoms with E-state index in [1.807, 2.05) is 24.3 Å². The van der Waals surface area contributed by atoms with Crippen LogP contribution in [0, 0.1) is 17.1 Å². The van der Waals surface area contributed by atoms with Crippen molar-refractivity contribution in [1.82, 2.24) is 24.9 Å². The number of piperazine rings is 1. The van der Waals surface area contributed by atoms with Gasteiger partial charge in [0.05, 0.1) is 11.4 Å². The number of carbonyl (C=O) groups excluding carboxylic acids is 1. The molecule has 3 N–H and O–H groups in total. The molecule has 2 aliphatic rings. The van der Waals surface area contributed by atoms with Gasteiger partial charge in [0.15, 0.2) is 0 Å². The number of carbonyl (C=O) groups is 1. The van der Waals surface area contributed by atoms with Gasteiger partial charge in [0.2, 0.25) is 0 Å². The molecule has 0 saturated carbocycles. The summed E-state index contributed by atoms with van der Waals surface area (Å²) in [7, 11) is 2.10. The lowest BCUT2D eigenvalue weighted by Crippen LogP contribution is -2.53. The van der Waals surface area contributed by atoms with Crippen molar-refractivity contribution < 1.29 is 13.9 Å². The van der Waals surface area contributed by atoms with E-state index in [0.29, 0.717) is 41.5 Å². The quantitative estimate of drug-likeness (QED) is 0.300. The highest BCUT2D eigenvalue weighted by Gasteiger charge is 2.34. The van der Waals surface area contributed by atoms with Crippen LogP contribution < -0.4 is 10.5 Å². The van der Waals surface area contributed by atoms with Crippen LogP contribution in [0.25, 0.3) is 11.3 Å². The lowest BCUT2D eigenvalue weighted by Gasteiger charge is -2.42. The average Bonchev–Trinajstić information content (AvgIpc) is 3.59.